The number of pyridine rings is 1. The van der Waals surface area contributed by atoms with E-state index in [-0.39, 0.29) is 6.42 Å². The lowest BCUT2D eigenvalue weighted by molar-refractivity contribution is -0.139. The molecule has 0 aliphatic carbocycles. The van der Waals surface area contributed by atoms with Gasteiger partial charge >= 0.3 is 12.1 Å². The molecule has 7 heteroatoms. The van der Waals surface area contributed by atoms with Crippen LogP contribution >= 0.6 is 0 Å². The lowest BCUT2D eigenvalue weighted by Gasteiger charge is -2.22. The van der Waals surface area contributed by atoms with Crippen LogP contribution in [0.3, 0.4) is 0 Å². The topological polar surface area (TPSA) is 97.8 Å². The standard InChI is InChI=1S/C18H26N2O5/c1-18(2,3)25-17(23)20-15(16(21)22)10-12-4-5-14(19-11-12)13-6-8-24-9-7-13/h4-5,11,13,15H,6-10H2,1-3H3,(H,20,23)(H,21,22)/t15-/m0/s1. The molecule has 1 aliphatic rings. The number of rotatable bonds is 5. The van der Waals surface area contributed by atoms with Crippen LogP contribution in [-0.2, 0) is 20.7 Å². The Hall–Kier alpha value is -2.15. The number of aliphatic carboxylic acids is 1. The first kappa shape index (κ1) is 19.2. The van der Waals surface area contributed by atoms with Crippen molar-refractivity contribution in [2.24, 2.45) is 0 Å². The molecule has 2 N–H and O–H groups in total. The molecule has 1 aromatic rings. The van der Waals surface area contributed by atoms with E-state index in [1.165, 1.54) is 0 Å². The molecule has 1 fully saturated rings. The average Bonchev–Trinajstić information content (AvgIpc) is 2.54. The average molecular weight is 350 g/mol. The maximum Gasteiger partial charge on any atom is 0.408 e. The highest BCUT2D eigenvalue weighted by molar-refractivity contribution is 5.80. The van der Waals surface area contributed by atoms with E-state index in [2.05, 4.69) is 10.3 Å². The number of carboxylic acid groups (broad SMARTS) is 1. The number of hydrogen-bond donors (Lipinski definition) is 2. The van der Waals surface area contributed by atoms with Crippen molar-refractivity contribution in [3.63, 3.8) is 0 Å². The molecule has 0 aromatic carbocycles. The minimum atomic E-state index is -1.11. The predicted octanol–water partition coefficient (Wildman–Crippen LogP) is 2.50. The molecule has 138 valence electrons. The van der Waals surface area contributed by atoms with Crippen LogP contribution in [0.5, 0.6) is 0 Å². The summed E-state index contributed by atoms with van der Waals surface area (Å²) < 4.78 is 10.5. The van der Waals surface area contributed by atoms with E-state index < -0.39 is 23.7 Å². The molecule has 1 saturated heterocycles. The largest absolute Gasteiger partial charge is 0.480 e. The zero-order valence-corrected chi connectivity index (χ0v) is 14.9. The monoisotopic (exact) mass is 350 g/mol. The highest BCUT2D eigenvalue weighted by atomic mass is 16.6. The smallest absolute Gasteiger partial charge is 0.408 e. The summed E-state index contributed by atoms with van der Waals surface area (Å²) in [5.74, 6) is -0.725. The summed E-state index contributed by atoms with van der Waals surface area (Å²) >= 11 is 0. The summed E-state index contributed by atoms with van der Waals surface area (Å²) in [6.07, 6.45) is 2.98. The number of nitrogens with one attached hydrogen (secondary N) is 1. The van der Waals surface area contributed by atoms with Crippen molar-refractivity contribution >= 4 is 12.1 Å². The number of alkyl carbamates (subject to hydrolysis) is 1. The second kappa shape index (κ2) is 8.29. The minimum absolute atomic E-state index is 0.148. The normalized spacial score (nSPS) is 16.9. The number of ether oxygens (including phenoxy) is 2. The van der Waals surface area contributed by atoms with Crippen molar-refractivity contribution in [3.05, 3.63) is 29.6 Å². The summed E-state index contributed by atoms with van der Waals surface area (Å²) in [5, 5.41) is 11.7. The molecule has 0 spiro atoms. The van der Waals surface area contributed by atoms with E-state index in [0.29, 0.717) is 5.92 Å². The Kier molecular flexibility index (Phi) is 6.36. The second-order valence-corrected chi connectivity index (χ2v) is 7.22. The molecule has 0 unspecified atom stereocenters. The van der Waals surface area contributed by atoms with Gasteiger partial charge < -0.3 is 19.9 Å². The van der Waals surface area contributed by atoms with Crippen LogP contribution < -0.4 is 5.32 Å². The van der Waals surface area contributed by atoms with Crippen LogP contribution in [0.1, 0.15) is 50.8 Å². The molecule has 7 nitrogen and oxygen atoms in total. The molecule has 0 saturated carbocycles. The third kappa shape index (κ3) is 6.34. The molecular formula is C18H26N2O5. The Labute approximate surface area is 147 Å². The van der Waals surface area contributed by atoms with Crippen molar-refractivity contribution in [3.8, 4) is 0 Å². The summed E-state index contributed by atoms with van der Waals surface area (Å²) in [5.41, 5.74) is 1.07. The van der Waals surface area contributed by atoms with Gasteiger partial charge in [0.25, 0.3) is 0 Å². The molecule has 1 amide bonds. The molecule has 1 aromatic heterocycles. The van der Waals surface area contributed by atoms with Gasteiger partial charge in [-0.05, 0) is 45.2 Å². The van der Waals surface area contributed by atoms with Crippen LogP contribution in [-0.4, -0.2) is 47.0 Å². The lowest BCUT2D eigenvalue weighted by Crippen LogP contribution is -2.44. The SMILES string of the molecule is CC(C)(C)OC(=O)N[C@@H](Cc1ccc(C2CCOCC2)nc1)C(=O)O. The van der Waals surface area contributed by atoms with Crippen molar-refractivity contribution in [1.82, 2.24) is 10.3 Å². The third-order valence-corrected chi connectivity index (χ3v) is 3.92. The number of hydrogen-bond acceptors (Lipinski definition) is 5. The number of carboxylic acids is 1. The van der Waals surface area contributed by atoms with Gasteiger partial charge in [0.15, 0.2) is 0 Å². The fourth-order valence-corrected chi connectivity index (χ4v) is 2.68. The van der Waals surface area contributed by atoms with Crippen LogP contribution in [0.15, 0.2) is 18.3 Å². The van der Waals surface area contributed by atoms with Gasteiger partial charge in [-0.25, -0.2) is 9.59 Å². The van der Waals surface area contributed by atoms with Gasteiger partial charge in [-0.2, -0.15) is 0 Å². The van der Waals surface area contributed by atoms with E-state index >= 15 is 0 Å². The maximum absolute atomic E-state index is 11.8. The molecular weight excluding hydrogens is 324 g/mol. The summed E-state index contributed by atoms with van der Waals surface area (Å²) in [6, 6.07) is 2.73. The van der Waals surface area contributed by atoms with Crippen LogP contribution in [0.25, 0.3) is 0 Å². The van der Waals surface area contributed by atoms with Gasteiger partial charge in [0, 0.05) is 37.4 Å². The molecule has 2 heterocycles. The van der Waals surface area contributed by atoms with Crippen molar-refractivity contribution in [2.75, 3.05) is 13.2 Å². The van der Waals surface area contributed by atoms with Crippen molar-refractivity contribution < 1.29 is 24.2 Å². The molecule has 25 heavy (non-hydrogen) atoms. The zero-order chi connectivity index (χ0) is 18.4. The summed E-state index contributed by atoms with van der Waals surface area (Å²) in [4.78, 5) is 27.7. The highest BCUT2D eigenvalue weighted by Crippen LogP contribution is 2.25. The Morgan fingerprint density at radius 3 is 2.56 bits per heavy atom. The fourth-order valence-electron chi connectivity index (χ4n) is 2.68. The predicted molar refractivity (Wildman–Crippen MR) is 91.5 cm³/mol. The molecule has 1 aliphatic heterocycles. The number of aromatic nitrogens is 1. The molecule has 2 rings (SSSR count). The number of amides is 1. The van der Waals surface area contributed by atoms with E-state index in [0.717, 1.165) is 37.3 Å². The first-order valence-electron chi connectivity index (χ1n) is 8.49. The van der Waals surface area contributed by atoms with Gasteiger partial charge in [0.2, 0.25) is 0 Å². The van der Waals surface area contributed by atoms with Crippen molar-refractivity contribution in [1.29, 1.82) is 0 Å². The maximum atomic E-state index is 11.8. The van der Waals surface area contributed by atoms with E-state index in [1.54, 1.807) is 27.0 Å². The van der Waals surface area contributed by atoms with Gasteiger partial charge in [-0.1, -0.05) is 6.07 Å². The van der Waals surface area contributed by atoms with Gasteiger partial charge in [-0.15, -0.1) is 0 Å². The summed E-state index contributed by atoms with van der Waals surface area (Å²) in [6.45, 7) is 6.66. The lowest BCUT2D eigenvalue weighted by atomic mass is 9.95. The Balaban J connectivity index is 1.97. The van der Waals surface area contributed by atoms with Crippen LogP contribution in [0.2, 0.25) is 0 Å². The zero-order valence-electron chi connectivity index (χ0n) is 14.9. The van der Waals surface area contributed by atoms with E-state index in [4.69, 9.17) is 9.47 Å². The Morgan fingerprint density at radius 2 is 2.04 bits per heavy atom. The van der Waals surface area contributed by atoms with Crippen molar-refractivity contribution in [2.45, 2.75) is 57.6 Å². The van der Waals surface area contributed by atoms with Crippen LogP contribution in [0, 0.1) is 0 Å². The van der Waals surface area contributed by atoms with Gasteiger partial charge in [-0.3, -0.25) is 4.98 Å². The fraction of sp³-hybridized carbons (Fsp3) is 0.611. The quantitative estimate of drug-likeness (QED) is 0.847. The highest BCUT2D eigenvalue weighted by Gasteiger charge is 2.24. The van der Waals surface area contributed by atoms with Crippen LogP contribution in [0.4, 0.5) is 4.79 Å². The second-order valence-electron chi connectivity index (χ2n) is 7.22. The number of nitrogens with zero attached hydrogens (tertiary/aromatic N) is 1. The Bertz CT molecular complexity index is 588. The first-order valence-corrected chi connectivity index (χ1v) is 8.49. The first-order chi connectivity index (χ1) is 11.7. The number of carbonyl (C=O) groups excluding carboxylic acids is 1. The Morgan fingerprint density at radius 1 is 1.36 bits per heavy atom. The van der Waals surface area contributed by atoms with Gasteiger partial charge in [0.05, 0.1) is 0 Å². The molecule has 0 bridgehead atoms. The molecule has 0 radical (unpaired) electrons. The van der Waals surface area contributed by atoms with E-state index in [1.807, 2.05) is 12.1 Å². The molecule has 1 atom stereocenters. The van der Waals surface area contributed by atoms with Gasteiger partial charge in [0.1, 0.15) is 11.6 Å². The number of carbonyl (C=O) groups is 2. The summed E-state index contributed by atoms with van der Waals surface area (Å²) in [7, 11) is 0. The van der Waals surface area contributed by atoms with E-state index in [9.17, 15) is 14.7 Å². The minimum Gasteiger partial charge on any atom is -0.480 e. The third-order valence-electron chi connectivity index (χ3n) is 3.92.